The summed E-state index contributed by atoms with van der Waals surface area (Å²) in [6.07, 6.45) is 3.31. The van der Waals surface area contributed by atoms with Gasteiger partial charge in [0.1, 0.15) is 12.6 Å². The van der Waals surface area contributed by atoms with E-state index in [4.69, 9.17) is 12.6 Å². The van der Waals surface area contributed by atoms with Crippen LogP contribution in [0.15, 0.2) is 59.3 Å². The lowest BCUT2D eigenvalue weighted by atomic mass is 10.00. The lowest BCUT2D eigenvalue weighted by molar-refractivity contribution is -0.659. The number of rotatable bonds is 1. The summed E-state index contributed by atoms with van der Waals surface area (Å²) in [5.41, 5.74) is 4.01. The minimum absolute atomic E-state index is 0.155. The van der Waals surface area contributed by atoms with Gasteiger partial charge in [-0.3, -0.25) is 4.98 Å². The molecule has 0 radical (unpaired) electrons. The smallest absolute Gasteiger partial charge is 0.256 e. The Labute approximate surface area is 166 Å². The molecule has 0 saturated carbocycles. The van der Waals surface area contributed by atoms with Crippen molar-refractivity contribution >= 4 is 32.8 Å². The SMILES string of the molecule is [2H]C([2H])([2H])c1ccc(-c2c3oc4c5ccccc5cnc4c3c(C([2H])([2H])[2H])c[n+]2C)c(C)c1. The van der Waals surface area contributed by atoms with Gasteiger partial charge in [-0.1, -0.05) is 42.0 Å². The molecule has 3 aromatic heterocycles. The van der Waals surface area contributed by atoms with E-state index in [9.17, 15) is 0 Å². The summed E-state index contributed by atoms with van der Waals surface area (Å²) >= 11 is 0. The molecule has 3 heterocycles. The molecule has 2 aromatic carbocycles. The fourth-order valence-electron chi connectivity index (χ4n) is 3.82. The number of hydrogen-bond donors (Lipinski definition) is 0. The van der Waals surface area contributed by atoms with Crippen LogP contribution in [0.5, 0.6) is 0 Å². The van der Waals surface area contributed by atoms with Crippen molar-refractivity contribution in [1.29, 1.82) is 0 Å². The quantitative estimate of drug-likeness (QED) is 0.367. The van der Waals surface area contributed by atoms with E-state index in [1.54, 1.807) is 42.2 Å². The number of aryl methyl sites for hydroxylation is 4. The predicted molar refractivity (Wildman–Crippen MR) is 110 cm³/mol. The first-order chi connectivity index (χ1) is 15.5. The van der Waals surface area contributed by atoms with Crippen LogP contribution < -0.4 is 4.57 Å². The van der Waals surface area contributed by atoms with Crippen molar-refractivity contribution in [2.75, 3.05) is 0 Å². The number of benzene rings is 2. The maximum absolute atomic E-state index is 8.13. The van der Waals surface area contributed by atoms with Gasteiger partial charge < -0.3 is 4.42 Å². The summed E-state index contributed by atoms with van der Waals surface area (Å²) in [6, 6.07) is 12.6. The van der Waals surface area contributed by atoms with Gasteiger partial charge in [-0.05, 0) is 32.3 Å². The van der Waals surface area contributed by atoms with Crippen LogP contribution in [0.2, 0.25) is 0 Å². The van der Waals surface area contributed by atoms with E-state index >= 15 is 0 Å². The lowest BCUT2D eigenvalue weighted by Crippen LogP contribution is -2.31. The van der Waals surface area contributed by atoms with Crippen LogP contribution >= 0.6 is 0 Å². The molecule has 3 heteroatoms. The third kappa shape index (κ3) is 2.28. The highest BCUT2D eigenvalue weighted by Gasteiger charge is 2.25. The van der Waals surface area contributed by atoms with Crippen molar-refractivity contribution in [3.63, 3.8) is 0 Å². The summed E-state index contributed by atoms with van der Waals surface area (Å²) in [7, 11) is 1.76. The number of nitrogens with zero attached hydrogens (tertiary/aromatic N) is 2. The molecule has 0 aliphatic heterocycles. The summed E-state index contributed by atoms with van der Waals surface area (Å²) in [5, 5.41) is 2.19. The Morgan fingerprint density at radius 3 is 2.74 bits per heavy atom. The maximum atomic E-state index is 8.13. The Balaban J connectivity index is 1.93. The van der Waals surface area contributed by atoms with Crippen molar-refractivity contribution in [3.8, 4) is 11.3 Å². The van der Waals surface area contributed by atoms with Gasteiger partial charge in [-0.15, -0.1) is 0 Å². The first-order valence-electron chi connectivity index (χ1n) is 11.7. The summed E-state index contributed by atoms with van der Waals surface area (Å²) in [5.74, 6) is 0. The highest BCUT2D eigenvalue weighted by Crippen LogP contribution is 2.38. The lowest BCUT2D eigenvalue weighted by Gasteiger charge is -2.07. The fraction of sp³-hybridized carbons (Fsp3) is 0.167. The van der Waals surface area contributed by atoms with E-state index in [2.05, 4.69) is 4.98 Å². The monoisotopic (exact) mass is 359 g/mol. The van der Waals surface area contributed by atoms with Gasteiger partial charge in [0, 0.05) is 30.8 Å². The number of fused-ring (bicyclic) bond motifs is 5. The van der Waals surface area contributed by atoms with Crippen LogP contribution in [0.4, 0.5) is 0 Å². The van der Waals surface area contributed by atoms with Crippen LogP contribution in [0.1, 0.15) is 24.9 Å². The summed E-state index contributed by atoms with van der Waals surface area (Å²) in [6.45, 7) is -2.75. The van der Waals surface area contributed by atoms with Crippen molar-refractivity contribution in [3.05, 3.63) is 71.5 Å². The predicted octanol–water partition coefficient (Wildman–Crippen LogP) is 5.55. The minimum Gasteiger partial charge on any atom is -0.447 e. The van der Waals surface area contributed by atoms with E-state index < -0.39 is 13.7 Å². The zero-order valence-corrected chi connectivity index (χ0v) is 15.0. The second-order valence-corrected chi connectivity index (χ2v) is 6.86. The Morgan fingerprint density at radius 2 is 1.93 bits per heavy atom. The van der Waals surface area contributed by atoms with Gasteiger partial charge in [0.2, 0.25) is 5.58 Å². The van der Waals surface area contributed by atoms with Crippen molar-refractivity contribution in [2.24, 2.45) is 7.05 Å². The molecule has 5 aromatic rings. The average Bonchev–Trinajstić information content (AvgIpc) is 3.12. The topological polar surface area (TPSA) is 29.9 Å². The molecular formula is C24H21N2O+. The Hall–Kier alpha value is -3.20. The van der Waals surface area contributed by atoms with Gasteiger partial charge in [0.15, 0.2) is 11.8 Å². The highest BCUT2D eigenvalue weighted by atomic mass is 16.3. The molecular weight excluding hydrogens is 332 g/mol. The van der Waals surface area contributed by atoms with Crippen LogP contribution in [0, 0.1) is 20.6 Å². The molecule has 0 aliphatic rings. The molecule has 3 nitrogen and oxygen atoms in total. The summed E-state index contributed by atoms with van der Waals surface area (Å²) < 4.78 is 55.6. The van der Waals surface area contributed by atoms with Crippen LogP contribution in [0.25, 0.3) is 44.1 Å². The van der Waals surface area contributed by atoms with Crippen molar-refractivity contribution in [1.82, 2.24) is 4.98 Å². The zero-order chi connectivity index (χ0) is 23.7. The number of furan rings is 1. The van der Waals surface area contributed by atoms with Gasteiger partial charge in [0.25, 0.3) is 5.69 Å². The normalized spacial score (nSPS) is 15.9. The fourth-order valence-corrected chi connectivity index (χ4v) is 3.82. The Morgan fingerprint density at radius 1 is 1.04 bits per heavy atom. The molecule has 0 aliphatic carbocycles. The summed E-state index contributed by atoms with van der Waals surface area (Å²) in [4.78, 5) is 4.58. The average molecular weight is 359 g/mol. The second-order valence-electron chi connectivity index (χ2n) is 6.86. The van der Waals surface area contributed by atoms with Crippen LogP contribution in [-0.2, 0) is 7.05 Å². The molecule has 0 atom stereocenters. The van der Waals surface area contributed by atoms with Gasteiger partial charge in [-0.2, -0.15) is 4.57 Å². The van der Waals surface area contributed by atoms with E-state index in [1.165, 1.54) is 0 Å². The zero-order valence-electron chi connectivity index (χ0n) is 21.0. The van der Waals surface area contributed by atoms with Crippen molar-refractivity contribution in [2.45, 2.75) is 20.6 Å². The molecule has 0 saturated heterocycles. The van der Waals surface area contributed by atoms with E-state index in [-0.39, 0.29) is 11.1 Å². The third-order valence-corrected chi connectivity index (χ3v) is 5.06. The molecule has 0 N–H and O–H groups in total. The molecule has 0 unspecified atom stereocenters. The molecule has 0 fully saturated rings. The number of aromatic nitrogens is 2. The van der Waals surface area contributed by atoms with Crippen molar-refractivity contribution < 1.29 is 17.2 Å². The Kier molecular flexibility index (Phi) is 2.27. The maximum Gasteiger partial charge on any atom is 0.256 e. The molecule has 27 heavy (non-hydrogen) atoms. The minimum atomic E-state index is -2.38. The van der Waals surface area contributed by atoms with E-state index in [0.29, 0.717) is 27.8 Å². The van der Waals surface area contributed by atoms with Gasteiger partial charge in [-0.25, -0.2) is 0 Å². The molecule has 0 amide bonds. The largest absolute Gasteiger partial charge is 0.447 e. The first kappa shape index (κ1) is 10.8. The number of hydrogen-bond acceptors (Lipinski definition) is 2. The second kappa shape index (κ2) is 5.65. The third-order valence-electron chi connectivity index (χ3n) is 5.06. The van der Waals surface area contributed by atoms with E-state index in [1.807, 2.05) is 31.2 Å². The highest BCUT2D eigenvalue weighted by molar-refractivity contribution is 6.15. The first-order valence-corrected chi connectivity index (χ1v) is 8.71. The molecule has 0 bridgehead atoms. The Bertz CT molecular complexity index is 1560. The molecule has 5 rings (SSSR count). The van der Waals surface area contributed by atoms with Gasteiger partial charge in [0.05, 0.1) is 10.9 Å². The van der Waals surface area contributed by atoms with Gasteiger partial charge >= 0.3 is 0 Å². The molecule has 0 spiro atoms. The number of pyridine rings is 2. The van der Waals surface area contributed by atoms with Crippen LogP contribution in [0.3, 0.4) is 0 Å². The standard InChI is InChI=1S/C24H21N2O/c1-14-9-10-18(15(2)11-14)22-24-20(16(3)13-26(22)4)21-23(27-24)19-8-6-5-7-17(19)12-25-21/h5-13H,1-4H3/q+1/i1D3,3D3. The van der Waals surface area contributed by atoms with E-state index in [0.717, 1.165) is 21.9 Å². The molecule has 132 valence electrons. The van der Waals surface area contributed by atoms with Crippen LogP contribution in [-0.4, -0.2) is 4.98 Å².